The number of ether oxygens (including phenoxy) is 1. The summed E-state index contributed by atoms with van der Waals surface area (Å²) in [6, 6.07) is 0. The SMILES string of the molecule is CC1(C)COCCN1Cc1cnc(NN)s1. The van der Waals surface area contributed by atoms with E-state index in [1.165, 1.54) is 4.88 Å². The van der Waals surface area contributed by atoms with E-state index in [1.807, 2.05) is 6.20 Å². The molecule has 1 fully saturated rings. The second kappa shape index (κ2) is 4.67. The predicted molar refractivity (Wildman–Crippen MR) is 65.2 cm³/mol. The molecule has 0 saturated carbocycles. The van der Waals surface area contributed by atoms with Crippen LogP contribution in [0, 0.1) is 0 Å². The van der Waals surface area contributed by atoms with Gasteiger partial charge in [0.05, 0.1) is 13.2 Å². The molecule has 0 aliphatic carbocycles. The fourth-order valence-electron chi connectivity index (χ4n) is 1.82. The summed E-state index contributed by atoms with van der Waals surface area (Å²) in [5.41, 5.74) is 2.67. The number of hydrogen-bond acceptors (Lipinski definition) is 6. The van der Waals surface area contributed by atoms with E-state index in [4.69, 9.17) is 10.6 Å². The van der Waals surface area contributed by atoms with Gasteiger partial charge in [-0.25, -0.2) is 10.8 Å². The van der Waals surface area contributed by atoms with Crippen LogP contribution in [0.4, 0.5) is 5.13 Å². The fraction of sp³-hybridized carbons (Fsp3) is 0.700. The quantitative estimate of drug-likeness (QED) is 0.612. The van der Waals surface area contributed by atoms with Crippen molar-refractivity contribution in [2.45, 2.75) is 25.9 Å². The second-order valence-electron chi connectivity index (χ2n) is 4.56. The third-order valence-electron chi connectivity index (χ3n) is 2.84. The van der Waals surface area contributed by atoms with Crippen molar-refractivity contribution in [1.29, 1.82) is 0 Å². The Morgan fingerprint density at radius 1 is 1.69 bits per heavy atom. The smallest absolute Gasteiger partial charge is 0.197 e. The molecule has 0 bridgehead atoms. The third kappa shape index (κ3) is 2.52. The molecular formula is C10H18N4OS. The number of hydrogen-bond donors (Lipinski definition) is 2. The van der Waals surface area contributed by atoms with Crippen molar-refractivity contribution >= 4 is 16.5 Å². The number of thiazole rings is 1. The summed E-state index contributed by atoms with van der Waals surface area (Å²) in [7, 11) is 0. The zero-order valence-electron chi connectivity index (χ0n) is 9.69. The van der Waals surface area contributed by atoms with Crippen LogP contribution in [0.5, 0.6) is 0 Å². The Morgan fingerprint density at radius 3 is 3.12 bits per heavy atom. The van der Waals surface area contributed by atoms with Crippen molar-refractivity contribution < 1.29 is 4.74 Å². The normalized spacial score (nSPS) is 20.9. The number of nitrogen functional groups attached to an aromatic ring is 1. The van der Waals surface area contributed by atoms with Gasteiger partial charge in [-0.1, -0.05) is 11.3 Å². The van der Waals surface area contributed by atoms with Crippen LogP contribution >= 0.6 is 11.3 Å². The number of hydrazine groups is 1. The van der Waals surface area contributed by atoms with Gasteiger partial charge in [-0.15, -0.1) is 0 Å². The van der Waals surface area contributed by atoms with Crippen LogP contribution in [-0.2, 0) is 11.3 Å². The molecule has 1 aromatic rings. The first-order chi connectivity index (χ1) is 7.62. The van der Waals surface area contributed by atoms with Gasteiger partial charge >= 0.3 is 0 Å². The summed E-state index contributed by atoms with van der Waals surface area (Å²) in [4.78, 5) is 7.82. The van der Waals surface area contributed by atoms with E-state index in [0.717, 1.165) is 31.4 Å². The molecule has 1 aromatic heterocycles. The van der Waals surface area contributed by atoms with E-state index in [9.17, 15) is 0 Å². The molecule has 0 spiro atoms. The maximum absolute atomic E-state index is 5.49. The second-order valence-corrected chi connectivity index (χ2v) is 5.68. The standard InChI is InChI=1S/C10H18N4OS/c1-10(2)7-15-4-3-14(10)6-8-5-12-9(13-11)16-8/h5H,3-4,6-7,11H2,1-2H3,(H,12,13). The Balaban J connectivity index is 2.02. The summed E-state index contributed by atoms with van der Waals surface area (Å²) >= 11 is 1.60. The van der Waals surface area contributed by atoms with Gasteiger partial charge in [-0.3, -0.25) is 10.3 Å². The molecule has 1 saturated heterocycles. The number of morpholine rings is 1. The van der Waals surface area contributed by atoms with E-state index in [0.29, 0.717) is 0 Å². The summed E-state index contributed by atoms with van der Waals surface area (Å²) in [5.74, 6) is 5.31. The maximum Gasteiger partial charge on any atom is 0.197 e. The van der Waals surface area contributed by atoms with Gasteiger partial charge < -0.3 is 4.74 Å². The van der Waals surface area contributed by atoms with Gasteiger partial charge in [-0.05, 0) is 13.8 Å². The van der Waals surface area contributed by atoms with Crippen molar-refractivity contribution in [1.82, 2.24) is 9.88 Å². The van der Waals surface area contributed by atoms with Crippen molar-refractivity contribution in [3.63, 3.8) is 0 Å². The Kier molecular flexibility index (Phi) is 3.44. The van der Waals surface area contributed by atoms with Gasteiger partial charge in [0.2, 0.25) is 0 Å². The van der Waals surface area contributed by atoms with Crippen molar-refractivity contribution in [3.05, 3.63) is 11.1 Å². The van der Waals surface area contributed by atoms with Gasteiger partial charge in [0.1, 0.15) is 0 Å². The molecular weight excluding hydrogens is 224 g/mol. The highest BCUT2D eigenvalue weighted by Crippen LogP contribution is 2.25. The van der Waals surface area contributed by atoms with Crippen LogP contribution in [0.15, 0.2) is 6.20 Å². The summed E-state index contributed by atoms with van der Waals surface area (Å²) in [5, 5.41) is 0.765. The molecule has 5 nitrogen and oxygen atoms in total. The van der Waals surface area contributed by atoms with Crippen LogP contribution in [0.1, 0.15) is 18.7 Å². The highest BCUT2D eigenvalue weighted by molar-refractivity contribution is 7.15. The molecule has 90 valence electrons. The monoisotopic (exact) mass is 242 g/mol. The average Bonchev–Trinajstić information content (AvgIpc) is 2.69. The number of rotatable bonds is 3. The van der Waals surface area contributed by atoms with E-state index in [1.54, 1.807) is 11.3 Å². The third-order valence-corrected chi connectivity index (χ3v) is 3.75. The molecule has 0 amide bonds. The van der Waals surface area contributed by atoms with Gasteiger partial charge in [0.15, 0.2) is 5.13 Å². The Hall–Kier alpha value is -0.690. The maximum atomic E-state index is 5.49. The first-order valence-electron chi connectivity index (χ1n) is 5.36. The van der Waals surface area contributed by atoms with Crippen LogP contribution in [0.25, 0.3) is 0 Å². The molecule has 0 aromatic carbocycles. The van der Waals surface area contributed by atoms with Crippen molar-refractivity contribution in [2.24, 2.45) is 5.84 Å². The van der Waals surface area contributed by atoms with Gasteiger partial charge in [-0.2, -0.15) is 0 Å². The molecule has 0 radical (unpaired) electrons. The van der Waals surface area contributed by atoms with E-state index < -0.39 is 0 Å². The molecule has 2 rings (SSSR count). The Labute approximate surface area is 99.6 Å². The van der Waals surface area contributed by atoms with E-state index in [-0.39, 0.29) is 5.54 Å². The molecule has 0 atom stereocenters. The minimum absolute atomic E-state index is 0.0958. The number of nitrogens with two attached hydrogens (primary N) is 1. The van der Waals surface area contributed by atoms with Crippen molar-refractivity contribution in [3.8, 4) is 0 Å². The number of anilines is 1. The Morgan fingerprint density at radius 2 is 2.50 bits per heavy atom. The van der Waals surface area contributed by atoms with Crippen LogP contribution in [0.3, 0.4) is 0 Å². The fourth-order valence-corrected chi connectivity index (χ4v) is 2.56. The minimum atomic E-state index is 0.0958. The lowest BCUT2D eigenvalue weighted by atomic mass is 10.0. The van der Waals surface area contributed by atoms with Crippen LogP contribution < -0.4 is 11.3 Å². The molecule has 0 unspecified atom stereocenters. The predicted octanol–water partition coefficient (Wildman–Crippen LogP) is 1.04. The van der Waals surface area contributed by atoms with Crippen molar-refractivity contribution in [2.75, 3.05) is 25.2 Å². The molecule has 1 aliphatic rings. The summed E-state index contributed by atoms with van der Waals surface area (Å²) < 4.78 is 5.49. The zero-order valence-corrected chi connectivity index (χ0v) is 10.5. The van der Waals surface area contributed by atoms with E-state index >= 15 is 0 Å². The number of nitrogens with zero attached hydrogens (tertiary/aromatic N) is 2. The lowest BCUT2D eigenvalue weighted by Gasteiger charge is -2.41. The average molecular weight is 242 g/mol. The Bertz CT molecular complexity index is 352. The topological polar surface area (TPSA) is 63.4 Å². The lowest BCUT2D eigenvalue weighted by molar-refractivity contribution is -0.0548. The van der Waals surface area contributed by atoms with Gasteiger partial charge in [0.25, 0.3) is 0 Å². The molecule has 16 heavy (non-hydrogen) atoms. The first kappa shape index (κ1) is 11.8. The molecule has 2 heterocycles. The molecule has 6 heteroatoms. The largest absolute Gasteiger partial charge is 0.378 e. The minimum Gasteiger partial charge on any atom is -0.378 e. The number of aromatic nitrogens is 1. The summed E-state index contributed by atoms with van der Waals surface area (Å²) in [6.45, 7) is 7.88. The highest BCUT2D eigenvalue weighted by atomic mass is 32.1. The van der Waals surface area contributed by atoms with Gasteiger partial charge in [0, 0.05) is 29.7 Å². The summed E-state index contributed by atoms with van der Waals surface area (Å²) in [6.07, 6.45) is 1.88. The molecule has 1 aliphatic heterocycles. The highest BCUT2D eigenvalue weighted by Gasteiger charge is 2.30. The van der Waals surface area contributed by atoms with E-state index in [2.05, 4.69) is 29.2 Å². The zero-order chi connectivity index (χ0) is 11.6. The number of nitrogens with one attached hydrogen (secondary N) is 1. The van der Waals surface area contributed by atoms with Crippen LogP contribution in [0.2, 0.25) is 0 Å². The van der Waals surface area contributed by atoms with Crippen LogP contribution in [-0.4, -0.2) is 35.2 Å². The molecule has 3 N–H and O–H groups in total. The first-order valence-corrected chi connectivity index (χ1v) is 6.17. The lowest BCUT2D eigenvalue weighted by Crippen LogP contribution is -2.52.